The van der Waals surface area contributed by atoms with Crippen molar-refractivity contribution in [3.05, 3.63) is 17.5 Å². The van der Waals surface area contributed by atoms with Crippen molar-refractivity contribution in [3.63, 3.8) is 0 Å². The van der Waals surface area contributed by atoms with Gasteiger partial charge in [-0.3, -0.25) is 14.5 Å². The van der Waals surface area contributed by atoms with Gasteiger partial charge in [-0.05, 0) is 44.4 Å². The van der Waals surface area contributed by atoms with Crippen LogP contribution >= 0.6 is 0 Å². The van der Waals surface area contributed by atoms with E-state index < -0.39 is 11.4 Å². The SMILES string of the molecule is CCCc1cc(CNC(=O)[C@@]2(CCC(C)C)C[C@H]3CC[C@@H]2N3CC(=O)O)on1. The third-order valence-corrected chi connectivity index (χ3v) is 6.36. The number of aromatic nitrogens is 1. The quantitative estimate of drug-likeness (QED) is 0.637. The van der Waals surface area contributed by atoms with Gasteiger partial charge in [0, 0.05) is 18.2 Å². The first-order valence-electron chi connectivity index (χ1n) is 10.6. The summed E-state index contributed by atoms with van der Waals surface area (Å²) in [4.78, 5) is 26.7. The second-order valence-corrected chi connectivity index (χ2v) is 8.82. The Balaban J connectivity index is 1.72. The molecule has 2 fully saturated rings. The minimum Gasteiger partial charge on any atom is -0.480 e. The first-order valence-corrected chi connectivity index (χ1v) is 10.6. The zero-order valence-electron chi connectivity index (χ0n) is 17.2. The van der Waals surface area contributed by atoms with Crippen LogP contribution in [0.4, 0.5) is 0 Å². The van der Waals surface area contributed by atoms with E-state index in [1.165, 1.54) is 0 Å². The molecule has 1 aromatic rings. The maximum absolute atomic E-state index is 13.4. The highest BCUT2D eigenvalue weighted by atomic mass is 16.5. The number of carboxylic acid groups (broad SMARTS) is 1. The molecule has 1 amide bonds. The van der Waals surface area contributed by atoms with E-state index in [0.29, 0.717) is 18.2 Å². The van der Waals surface area contributed by atoms with Gasteiger partial charge in [0.25, 0.3) is 0 Å². The van der Waals surface area contributed by atoms with Crippen LogP contribution in [0.5, 0.6) is 0 Å². The second-order valence-electron chi connectivity index (χ2n) is 8.82. The Labute approximate surface area is 166 Å². The van der Waals surface area contributed by atoms with Gasteiger partial charge in [-0.25, -0.2) is 0 Å². The highest BCUT2D eigenvalue weighted by molar-refractivity contribution is 5.84. The van der Waals surface area contributed by atoms with Crippen molar-refractivity contribution in [2.45, 2.75) is 84.3 Å². The number of aliphatic carboxylic acids is 1. The average molecular weight is 392 g/mol. The van der Waals surface area contributed by atoms with Gasteiger partial charge in [0.15, 0.2) is 5.76 Å². The van der Waals surface area contributed by atoms with Gasteiger partial charge >= 0.3 is 5.97 Å². The third kappa shape index (κ3) is 4.24. The molecule has 3 heterocycles. The number of carboxylic acids is 1. The van der Waals surface area contributed by atoms with Crippen LogP contribution in [0.2, 0.25) is 0 Å². The molecule has 7 nitrogen and oxygen atoms in total. The predicted octanol–water partition coefficient (Wildman–Crippen LogP) is 2.99. The predicted molar refractivity (Wildman–Crippen MR) is 105 cm³/mol. The summed E-state index contributed by atoms with van der Waals surface area (Å²) in [5, 5.41) is 16.4. The molecule has 0 aliphatic carbocycles. The Morgan fingerprint density at radius 1 is 1.43 bits per heavy atom. The molecule has 1 aromatic heterocycles. The largest absolute Gasteiger partial charge is 0.480 e. The Kier molecular flexibility index (Phi) is 6.43. The molecule has 2 aliphatic heterocycles. The number of fused-ring (bicyclic) bond motifs is 2. The first kappa shape index (κ1) is 20.8. The molecule has 0 saturated carbocycles. The number of aryl methyl sites for hydroxylation is 1. The molecular weight excluding hydrogens is 358 g/mol. The van der Waals surface area contributed by atoms with E-state index in [1.807, 2.05) is 6.07 Å². The summed E-state index contributed by atoms with van der Waals surface area (Å²) in [5.41, 5.74) is 0.406. The molecular formula is C21H33N3O4. The van der Waals surface area contributed by atoms with E-state index in [2.05, 4.69) is 36.1 Å². The van der Waals surface area contributed by atoms with Gasteiger partial charge in [0.05, 0.1) is 24.2 Å². The molecule has 0 aromatic carbocycles. The van der Waals surface area contributed by atoms with E-state index in [9.17, 15) is 14.7 Å². The number of rotatable bonds is 10. The van der Waals surface area contributed by atoms with Crippen LogP contribution in [0.25, 0.3) is 0 Å². The van der Waals surface area contributed by atoms with Crippen molar-refractivity contribution in [2.24, 2.45) is 11.3 Å². The van der Waals surface area contributed by atoms with Crippen LogP contribution in [-0.4, -0.2) is 45.7 Å². The molecule has 156 valence electrons. The maximum atomic E-state index is 13.4. The minimum atomic E-state index is -0.818. The van der Waals surface area contributed by atoms with Crippen molar-refractivity contribution in [1.82, 2.24) is 15.4 Å². The van der Waals surface area contributed by atoms with Gasteiger partial charge in [-0.2, -0.15) is 0 Å². The molecule has 0 unspecified atom stereocenters. The van der Waals surface area contributed by atoms with Crippen molar-refractivity contribution in [1.29, 1.82) is 0 Å². The fraction of sp³-hybridized carbons (Fsp3) is 0.762. The zero-order chi connectivity index (χ0) is 20.3. The smallest absolute Gasteiger partial charge is 0.317 e. The number of hydrogen-bond acceptors (Lipinski definition) is 5. The summed E-state index contributed by atoms with van der Waals surface area (Å²) >= 11 is 0. The highest BCUT2D eigenvalue weighted by Gasteiger charge is 2.59. The Bertz CT molecular complexity index is 702. The summed E-state index contributed by atoms with van der Waals surface area (Å²) in [6, 6.07) is 2.11. The van der Waals surface area contributed by atoms with Crippen molar-refractivity contribution >= 4 is 11.9 Å². The Morgan fingerprint density at radius 2 is 2.21 bits per heavy atom. The Hall–Kier alpha value is -1.89. The van der Waals surface area contributed by atoms with Crippen LogP contribution < -0.4 is 5.32 Å². The second kappa shape index (κ2) is 8.64. The summed E-state index contributed by atoms with van der Waals surface area (Å²) in [5.74, 6) is 0.384. The fourth-order valence-corrected chi connectivity index (χ4v) is 5.03. The monoisotopic (exact) mass is 391 g/mol. The molecule has 2 aliphatic rings. The van der Waals surface area contributed by atoms with E-state index in [0.717, 1.165) is 50.6 Å². The van der Waals surface area contributed by atoms with Gasteiger partial charge in [-0.1, -0.05) is 32.3 Å². The third-order valence-electron chi connectivity index (χ3n) is 6.36. The molecule has 2 N–H and O–H groups in total. The van der Waals surface area contributed by atoms with Crippen LogP contribution in [0.3, 0.4) is 0 Å². The lowest BCUT2D eigenvalue weighted by Crippen LogP contribution is -2.49. The summed E-state index contributed by atoms with van der Waals surface area (Å²) in [7, 11) is 0. The van der Waals surface area contributed by atoms with E-state index in [4.69, 9.17) is 4.52 Å². The summed E-state index contributed by atoms with van der Waals surface area (Å²) in [6.45, 7) is 6.77. The van der Waals surface area contributed by atoms with Crippen LogP contribution in [0.1, 0.15) is 70.8 Å². The maximum Gasteiger partial charge on any atom is 0.317 e. The first-order chi connectivity index (χ1) is 13.4. The lowest BCUT2D eigenvalue weighted by molar-refractivity contribution is -0.140. The molecule has 0 spiro atoms. The lowest BCUT2D eigenvalue weighted by atomic mass is 9.69. The molecule has 3 atom stereocenters. The van der Waals surface area contributed by atoms with E-state index in [1.54, 1.807) is 0 Å². The number of hydrogen-bond donors (Lipinski definition) is 2. The Morgan fingerprint density at radius 3 is 2.89 bits per heavy atom. The standard InChI is InChI=1S/C21H33N3O4/c1-4-5-15-10-17(28-23-15)12-22-20(27)21(9-8-14(2)3)11-16-6-7-18(21)24(16)13-19(25)26/h10,14,16,18H,4-9,11-13H2,1-3H3,(H,22,27)(H,25,26)/t16-,18+,21+/m1/s1. The van der Waals surface area contributed by atoms with Gasteiger partial charge in [-0.15, -0.1) is 0 Å². The number of nitrogens with one attached hydrogen (secondary N) is 1. The van der Waals surface area contributed by atoms with E-state index in [-0.39, 0.29) is 24.5 Å². The van der Waals surface area contributed by atoms with Gasteiger partial charge in [0.1, 0.15) is 0 Å². The molecule has 2 saturated heterocycles. The van der Waals surface area contributed by atoms with Crippen molar-refractivity contribution in [2.75, 3.05) is 6.54 Å². The number of carbonyl (C=O) groups excluding carboxylic acids is 1. The normalized spacial score (nSPS) is 26.9. The van der Waals surface area contributed by atoms with E-state index >= 15 is 0 Å². The topological polar surface area (TPSA) is 95.7 Å². The van der Waals surface area contributed by atoms with Crippen molar-refractivity contribution in [3.8, 4) is 0 Å². The van der Waals surface area contributed by atoms with Gasteiger partial charge in [0.2, 0.25) is 5.91 Å². The zero-order valence-corrected chi connectivity index (χ0v) is 17.2. The number of amides is 1. The summed E-state index contributed by atoms with van der Waals surface area (Å²) in [6.07, 6.45) is 6.25. The fourth-order valence-electron chi connectivity index (χ4n) is 5.03. The van der Waals surface area contributed by atoms with Gasteiger partial charge < -0.3 is 14.9 Å². The molecule has 0 radical (unpaired) electrons. The average Bonchev–Trinajstić information content (AvgIpc) is 3.32. The molecule has 7 heteroatoms. The van der Waals surface area contributed by atoms with Crippen LogP contribution in [0, 0.1) is 11.3 Å². The molecule has 28 heavy (non-hydrogen) atoms. The highest BCUT2D eigenvalue weighted by Crippen LogP contribution is 2.52. The number of carbonyl (C=O) groups is 2. The van der Waals surface area contributed by atoms with Crippen molar-refractivity contribution < 1.29 is 19.2 Å². The molecule has 2 bridgehead atoms. The van der Waals surface area contributed by atoms with Crippen LogP contribution in [0.15, 0.2) is 10.6 Å². The van der Waals surface area contributed by atoms with Crippen LogP contribution in [-0.2, 0) is 22.6 Å². The summed E-state index contributed by atoms with van der Waals surface area (Å²) < 4.78 is 5.34. The minimum absolute atomic E-state index is 0.0118. The molecule has 3 rings (SSSR count). The lowest BCUT2D eigenvalue weighted by Gasteiger charge is -2.36. The number of nitrogens with zero attached hydrogens (tertiary/aromatic N) is 2.